The number of aromatic nitrogens is 3. The third-order valence-corrected chi connectivity index (χ3v) is 4.03. The van der Waals surface area contributed by atoms with Gasteiger partial charge in [0, 0.05) is 37.2 Å². The van der Waals surface area contributed by atoms with Crippen LogP contribution in [-0.2, 0) is 0 Å². The molecule has 0 aliphatic carbocycles. The van der Waals surface area contributed by atoms with E-state index >= 15 is 0 Å². The van der Waals surface area contributed by atoms with Crippen LogP contribution >= 0.6 is 0 Å². The molecule has 0 atom stereocenters. The number of hydrogen-bond acceptors (Lipinski definition) is 5. The van der Waals surface area contributed by atoms with E-state index in [4.69, 9.17) is 0 Å². The van der Waals surface area contributed by atoms with Crippen LogP contribution in [0.5, 0.6) is 0 Å². The highest BCUT2D eigenvalue weighted by Gasteiger charge is 2.21. The third kappa shape index (κ3) is 2.90. The Morgan fingerprint density at radius 1 is 1.27 bits per heavy atom. The lowest BCUT2D eigenvalue weighted by Gasteiger charge is -2.30. The summed E-state index contributed by atoms with van der Waals surface area (Å²) in [5.74, 6) is 0.295. The highest BCUT2D eigenvalue weighted by molar-refractivity contribution is 5.94. The number of carboxylic acid groups (broad SMARTS) is 1. The second-order valence-corrected chi connectivity index (χ2v) is 5.64. The molecule has 6 nitrogen and oxygen atoms in total. The SMILES string of the molecule is CC1CCN(c2ncc(C(=O)O)c(-c3ccncc3)n2)CC1. The van der Waals surface area contributed by atoms with Gasteiger partial charge >= 0.3 is 5.97 Å². The lowest BCUT2D eigenvalue weighted by Crippen LogP contribution is -2.34. The van der Waals surface area contributed by atoms with Crippen LogP contribution in [0.15, 0.2) is 30.7 Å². The molecule has 1 fully saturated rings. The van der Waals surface area contributed by atoms with Gasteiger partial charge in [-0.05, 0) is 30.9 Å². The van der Waals surface area contributed by atoms with Crippen LogP contribution in [0, 0.1) is 5.92 Å². The topological polar surface area (TPSA) is 79.2 Å². The summed E-state index contributed by atoms with van der Waals surface area (Å²) >= 11 is 0. The molecule has 1 saturated heterocycles. The molecule has 0 radical (unpaired) electrons. The lowest BCUT2D eigenvalue weighted by atomic mass is 9.99. The summed E-state index contributed by atoms with van der Waals surface area (Å²) in [4.78, 5) is 26.3. The predicted octanol–water partition coefficient (Wildman–Crippen LogP) is 2.47. The Labute approximate surface area is 128 Å². The van der Waals surface area contributed by atoms with E-state index < -0.39 is 5.97 Å². The Hall–Kier alpha value is -2.50. The molecule has 0 unspecified atom stereocenters. The number of nitrogens with zero attached hydrogens (tertiary/aromatic N) is 4. The van der Waals surface area contributed by atoms with Gasteiger partial charge in [-0.3, -0.25) is 4.98 Å². The molecule has 22 heavy (non-hydrogen) atoms. The van der Waals surface area contributed by atoms with Crippen molar-refractivity contribution in [1.82, 2.24) is 15.0 Å². The van der Waals surface area contributed by atoms with Crippen LogP contribution in [0.25, 0.3) is 11.3 Å². The van der Waals surface area contributed by atoms with Gasteiger partial charge in [0.1, 0.15) is 5.56 Å². The summed E-state index contributed by atoms with van der Waals surface area (Å²) in [5, 5.41) is 9.35. The smallest absolute Gasteiger partial charge is 0.339 e. The van der Waals surface area contributed by atoms with Crippen LogP contribution in [0.4, 0.5) is 5.95 Å². The van der Waals surface area contributed by atoms with Crippen LogP contribution in [-0.4, -0.2) is 39.1 Å². The van der Waals surface area contributed by atoms with Crippen LogP contribution in [0.2, 0.25) is 0 Å². The summed E-state index contributed by atoms with van der Waals surface area (Å²) < 4.78 is 0. The summed E-state index contributed by atoms with van der Waals surface area (Å²) in [6, 6.07) is 3.52. The van der Waals surface area contributed by atoms with Crippen LogP contribution in [0.1, 0.15) is 30.1 Å². The van der Waals surface area contributed by atoms with Gasteiger partial charge in [-0.1, -0.05) is 6.92 Å². The second kappa shape index (κ2) is 6.09. The Bertz CT molecular complexity index is 667. The van der Waals surface area contributed by atoms with E-state index in [-0.39, 0.29) is 5.56 Å². The zero-order chi connectivity index (χ0) is 15.5. The summed E-state index contributed by atoms with van der Waals surface area (Å²) in [6.07, 6.45) is 6.87. The minimum absolute atomic E-state index is 0.111. The largest absolute Gasteiger partial charge is 0.478 e. The van der Waals surface area contributed by atoms with Gasteiger partial charge in [0.05, 0.1) is 5.69 Å². The van der Waals surface area contributed by atoms with Crippen molar-refractivity contribution >= 4 is 11.9 Å². The summed E-state index contributed by atoms with van der Waals surface area (Å²) in [7, 11) is 0. The van der Waals surface area contributed by atoms with Gasteiger partial charge in [-0.15, -0.1) is 0 Å². The van der Waals surface area contributed by atoms with Gasteiger partial charge < -0.3 is 10.0 Å². The molecule has 6 heteroatoms. The molecule has 1 N–H and O–H groups in total. The van der Waals surface area contributed by atoms with E-state index in [1.807, 2.05) is 0 Å². The van der Waals surface area contributed by atoms with Crippen molar-refractivity contribution in [2.45, 2.75) is 19.8 Å². The molecule has 0 bridgehead atoms. The molecule has 2 aromatic rings. The fraction of sp³-hybridized carbons (Fsp3) is 0.375. The van der Waals surface area contributed by atoms with E-state index in [1.54, 1.807) is 24.5 Å². The monoisotopic (exact) mass is 298 g/mol. The fourth-order valence-corrected chi connectivity index (χ4v) is 2.62. The van der Waals surface area contributed by atoms with E-state index in [0.717, 1.165) is 31.5 Å². The van der Waals surface area contributed by atoms with E-state index in [0.29, 0.717) is 17.6 Å². The van der Waals surface area contributed by atoms with E-state index in [9.17, 15) is 9.90 Å². The quantitative estimate of drug-likeness (QED) is 0.937. The maximum absolute atomic E-state index is 11.4. The molecule has 3 rings (SSSR count). The first-order chi connectivity index (χ1) is 10.6. The zero-order valence-electron chi connectivity index (χ0n) is 12.4. The summed E-state index contributed by atoms with van der Waals surface area (Å²) in [5.41, 5.74) is 1.29. The van der Waals surface area contributed by atoms with Crippen molar-refractivity contribution < 1.29 is 9.90 Å². The Morgan fingerprint density at radius 2 is 1.95 bits per heavy atom. The number of carbonyl (C=O) groups is 1. The van der Waals surface area contributed by atoms with Crippen molar-refractivity contribution in [3.05, 3.63) is 36.3 Å². The molecular weight excluding hydrogens is 280 g/mol. The van der Waals surface area contributed by atoms with Gasteiger partial charge in [0.15, 0.2) is 0 Å². The van der Waals surface area contributed by atoms with E-state index in [2.05, 4.69) is 26.8 Å². The maximum Gasteiger partial charge on any atom is 0.339 e. The van der Waals surface area contributed by atoms with Crippen molar-refractivity contribution in [3.8, 4) is 11.3 Å². The maximum atomic E-state index is 11.4. The number of pyridine rings is 1. The van der Waals surface area contributed by atoms with Crippen molar-refractivity contribution in [1.29, 1.82) is 0 Å². The molecule has 114 valence electrons. The highest BCUT2D eigenvalue weighted by atomic mass is 16.4. The van der Waals surface area contributed by atoms with Gasteiger partial charge in [-0.25, -0.2) is 14.8 Å². The average Bonchev–Trinajstić information content (AvgIpc) is 2.56. The average molecular weight is 298 g/mol. The normalized spacial score (nSPS) is 15.8. The molecule has 1 aliphatic heterocycles. The van der Waals surface area contributed by atoms with Crippen molar-refractivity contribution in [3.63, 3.8) is 0 Å². The molecule has 0 aromatic carbocycles. The van der Waals surface area contributed by atoms with Gasteiger partial charge in [0.25, 0.3) is 0 Å². The van der Waals surface area contributed by atoms with E-state index in [1.165, 1.54) is 6.20 Å². The molecule has 2 aromatic heterocycles. The number of rotatable bonds is 3. The molecule has 1 aliphatic rings. The Kier molecular flexibility index (Phi) is 4.00. The molecule has 3 heterocycles. The number of aromatic carboxylic acids is 1. The highest BCUT2D eigenvalue weighted by Crippen LogP contribution is 2.25. The van der Waals surface area contributed by atoms with Crippen LogP contribution < -0.4 is 4.90 Å². The Balaban J connectivity index is 1.99. The number of anilines is 1. The predicted molar refractivity (Wildman–Crippen MR) is 82.8 cm³/mol. The first kappa shape index (κ1) is 14.4. The minimum Gasteiger partial charge on any atom is -0.478 e. The lowest BCUT2D eigenvalue weighted by molar-refractivity contribution is 0.0697. The minimum atomic E-state index is -1.02. The first-order valence-corrected chi connectivity index (χ1v) is 7.41. The number of piperidine rings is 1. The molecular formula is C16H18N4O2. The zero-order valence-corrected chi connectivity index (χ0v) is 12.4. The first-order valence-electron chi connectivity index (χ1n) is 7.41. The number of hydrogen-bond donors (Lipinski definition) is 1. The molecule has 0 spiro atoms. The Morgan fingerprint density at radius 3 is 2.59 bits per heavy atom. The molecule has 0 amide bonds. The molecule has 0 saturated carbocycles. The fourth-order valence-electron chi connectivity index (χ4n) is 2.62. The second-order valence-electron chi connectivity index (χ2n) is 5.64. The third-order valence-electron chi connectivity index (χ3n) is 4.03. The van der Waals surface area contributed by atoms with Crippen molar-refractivity contribution in [2.24, 2.45) is 5.92 Å². The van der Waals surface area contributed by atoms with Gasteiger partial charge in [-0.2, -0.15) is 0 Å². The number of carboxylic acids is 1. The van der Waals surface area contributed by atoms with Gasteiger partial charge in [0.2, 0.25) is 5.95 Å². The van der Waals surface area contributed by atoms with Crippen molar-refractivity contribution in [2.75, 3.05) is 18.0 Å². The standard InChI is InChI=1S/C16H18N4O2/c1-11-4-8-20(9-5-11)16-18-10-13(15(21)22)14(19-16)12-2-6-17-7-3-12/h2-3,6-7,10-11H,4-5,8-9H2,1H3,(H,21,22). The van der Waals surface area contributed by atoms with Crippen LogP contribution in [0.3, 0.4) is 0 Å². The summed E-state index contributed by atoms with van der Waals surface area (Å²) in [6.45, 7) is 4.06.